The number of nitrogens with zero attached hydrogens (tertiary/aromatic N) is 1. The van der Waals surface area contributed by atoms with Crippen molar-refractivity contribution in [2.45, 2.75) is 62.0 Å². The van der Waals surface area contributed by atoms with Crippen LogP contribution in [0.5, 0.6) is 5.75 Å². The van der Waals surface area contributed by atoms with Crippen LogP contribution < -0.4 is 15.8 Å². The van der Waals surface area contributed by atoms with Crippen molar-refractivity contribution in [2.75, 3.05) is 33.4 Å². The van der Waals surface area contributed by atoms with E-state index in [1.165, 1.54) is 23.5 Å². The summed E-state index contributed by atoms with van der Waals surface area (Å²) < 4.78 is 50.6. The Morgan fingerprint density at radius 3 is 2.59 bits per heavy atom. The van der Waals surface area contributed by atoms with E-state index in [9.17, 15) is 13.2 Å². The van der Waals surface area contributed by atoms with E-state index < -0.39 is 34.3 Å². The lowest BCUT2D eigenvalue weighted by atomic mass is 10.00. The van der Waals surface area contributed by atoms with Gasteiger partial charge in [-0.15, -0.1) is 0 Å². The van der Waals surface area contributed by atoms with Crippen LogP contribution in [-0.4, -0.2) is 76.7 Å². The molecule has 2 fully saturated rings. The minimum absolute atomic E-state index is 0.0103. The third-order valence-electron chi connectivity index (χ3n) is 7.23. The Hall–Kier alpha value is -2.70. The number of amides is 1. The largest absolute Gasteiger partial charge is 0.497 e. The number of rotatable bonds is 13. The third-order valence-corrected chi connectivity index (χ3v) is 9.11. The fraction of sp³-hybridized carbons (Fsp3) is 0.536. The fourth-order valence-electron chi connectivity index (χ4n) is 4.95. The molecule has 11 heteroatoms. The molecule has 2 heterocycles. The van der Waals surface area contributed by atoms with Crippen LogP contribution in [0.4, 0.5) is 4.79 Å². The number of carbonyl (C=O) groups is 1. The van der Waals surface area contributed by atoms with Crippen LogP contribution in [0.25, 0.3) is 0 Å². The predicted molar refractivity (Wildman–Crippen MR) is 146 cm³/mol. The number of fused-ring (bicyclic) bond motifs is 1. The van der Waals surface area contributed by atoms with Gasteiger partial charge in [-0.2, -0.15) is 4.31 Å². The number of nitrogens with two attached hydrogens (primary N) is 1. The summed E-state index contributed by atoms with van der Waals surface area (Å²) in [5.41, 5.74) is 7.62. The number of nitrogens with one attached hydrogen (secondary N) is 1. The van der Waals surface area contributed by atoms with Crippen LogP contribution in [0.15, 0.2) is 59.5 Å². The Labute approximate surface area is 230 Å². The number of hydrogen-bond donors (Lipinski definition) is 2. The van der Waals surface area contributed by atoms with Gasteiger partial charge in [-0.1, -0.05) is 43.7 Å². The lowest BCUT2D eigenvalue weighted by molar-refractivity contribution is -0.0907. The van der Waals surface area contributed by atoms with Crippen molar-refractivity contribution >= 4 is 16.1 Å². The highest BCUT2D eigenvalue weighted by Crippen LogP contribution is 2.33. The molecule has 214 valence electrons. The van der Waals surface area contributed by atoms with Crippen LogP contribution in [0, 0.1) is 5.92 Å². The van der Waals surface area contributed by atoms with E-state index in [0.29, 0.717) is 31.7 Å². The van der Waals surface area contributed by atoms with Gasteiger partial charge in [0.25, 0.3) is 0 Å². The summed E-state index contributed by atoms with van der Waals surface area (Å²) in [6.07, 6.45) is 1.33. The van der Waals surface area contributed by atoms with Crippen LogP contribution in [-0.2, 0) is 30.7 Å². The molecular weight excluding hydrogens is 522 g/mol. The molecule has 0 spiro atoms. The number of hydrogen-bond acceptors (Lipinski definition) is 8. The topological polar surface area (TPSA) is 129 Å². The number of methoxy groups -OCH3 is 1. The molecule has 0 bridgehead atoms. The Balaban J connectivity index is 1.50. The first kappa shape index (κ1) is 29.3. The summed E-state index contributed by atoms with van der Waals surface area (Å²) in [7, 11) is -2.30. The highest BCUT2D eigenvalue weighted by Gasteiger charge is 2.44. The molecule has 2 saturated heterocycles. The van der Waals surface area contributed by atoms with E-state index in [2.05, 4.69) is 5.32 Å². The molecule has 1 amide bonds. The van der Waals surface area contributed by atoms with Gasteiger partial charge in [0.2, 0.25) is 10.0 Å². The van der Waals surface area contributed by atoms with Gasteiger partial charge >= 0.3 is 6.09 Å². The molecule has 0 radical (unpaired) electrons. The Bertz CT molecular complexity index is 1160. The fourth-order valence-corrected chi connectivity index (χ4v) is 6.47. The summed E-state index contributed by atoms with van der Waals surface area (Å²) in [6.45, 7) is 3.19. The van der Waals surface area contributed by atoms with Gasteiger partial charge in [-0.05, 0) is 49.1 Å². The number of sulfonamides is 1. The first-order valence-electron chi connectivity index (χ1n) is 13.5. The summed E-state index contributed by atoms with van der Waals surface area (Å²) in [4.78, 5) is 13.2. The maximum Gasteiger partial charge on any atom is 0.407 e. The normalized spacial score (nSPS) is 22.3. The van der Waals surface area contributed by atoms with Crippen molar-refractivity contribution in [2.24, 2.45) is 11.7 Å². The predicted octanol–water partition coefficient (Wildman–Crippen LogP) is 2.91. The Morgan fingerprint density at radius 2 is 1.90 bits per heavy atom. The molecule has 39 heavy (non-hydrogen) atoms. The average Bonchev–Trinajstić information content (AvgIpc) is 3.56. The van der Waals surface area contributed by atoms with Gasteiger partial charge in [0.15, 0.2) is 6.29 Å². The van der Waals surface area contributed by atoms with E-state index in [-0.39, 0.29) is 30.3 Å². The van der Waals surface area contributed by atoms with Gasteiger partial charge in [-0.25, -0.2) is 13.2 Å². The van der Waals surface area contributed by atoms with Crippen LogP contribution in [0.3, 0.4) is 0 Å². The first-order valence-corrected chi connectivity index (χ1v) is 14.9. The van der Waals surface area contributed by atoms with Crippen molar-refractivity contribution in [1.29, 1.82) is 0 Å². The average molecular weight is 562 g/mol. The second-order valence-electron chi connectivity index (χ2n) is 9.97. The SMILES string of the molecule is CCCCN(C[C@@H](N)[C@H](Cc1ccccc1)NC(=O)O[C@H]1CO[C@H]2OCC[C@H]21)S(=O)(=O)c1ccc(OC)cc1. The van der Waals surface area contributed by atoms with E-state index in [1.807, 2.05) is 37.3 Å². The smallest absolute Gasteiger partial charge is 0.407 e. The highest BCUT2D eigenvalue weighted by molar-refractivity contribution is 7.89. The van der Waals surface area contributed by atoms with Gasteiger partial charge < -0.3 is 30.0 Å². The minimum atomic E-state index is -3.83. The second kappa shape index (κ2) is 13.6. The lowest BCUT2D eigenvalue weighted by Crippen LogP contribution is -2.55. The molecule has 0 aliphatic carbocycles. The van der Waals surface area contributed by atoms with E-state index in [4.69, 9.17) is 24.7 Å². The van der Waals surface area contributed by atoms with Gasteiger partial charge in [0.05, 0.1) is 37.2 Å². The van der Waals surface area contributed by atoms with Crippen molar-refractivity contribution in [3.63, 3.8) is 0 Å². The first-order chi connectivity index (χ1) is 18.8. The second-order valence-corrected chi connectivity index (χ2v) is 11.9. The number of unbranched alkanes of at least 4 members (excludes halogenated alkanes) is 1. The standard InChI is InChI=1S/C28H39N3O7S/c1-3-4-15-31(39(33,34)22-12-10-21(35-2)11-13-22)18-24(29)25(17-20-8-6-5-7-9-20)30-28(32)38-26-19-37-27-23(26)14-16-36-27/h5-13,23-27H,3-4,14-19,29H2,1-2H3,(H,30,32)/t23-,24+,25-,26-,27+/m0/s1. The summed E-state index contributed by atoms with van der Waals surface area (Å²) >= 11 is 0. The number of alkyl carbamates (subject to hydrolysis) is 1. The molecule has 0 unspecified atom stereocenters. The summed E-state index contributed by atoms with van der Waals surface area (Å²) in [6, 6.07) is 14.6. The summed E-state index contributed by atoms with van der Waals surface area (Å²) in [5.74, 6) is 0.579. The Kier molecular flexibility index (Phi) is 10.2. The van der Waals surface area contributed by atoms with Crippen molar-refractivity contribution in [3.05, 3.63) is 60.2 Å². The monoisotopic (exact) mass is 561 g/mol. The number of carbonyl (C=O) groups excluding carboxylic acids is 1. The van der Waals surface area contributed by atoms with Crippen LogP contribution in [0.1, 0.15) is 31.7 Å². The molecule has 0 aromatic heterocycles. The zero-order chi connectivity index (χ0) is 27.8. The molecular formula is C28H39N3O7S. The van der Waals surface area contributed by atoms with E-state index in [1.54, 1.807) is 12.1 Å². The van der Waals surface area contributed by atoms with Crippen LogP contribution >= 0.6 is 0 Å². The molecule has 5 atom stereocenters. The molecule has 10 nitrogen and oxygen atoms in total. The zero-order valence-corrected chi connectivity index (χ0v) is 23.3. The molecule has 2 aliphatic heterocycles. The van der Waals surface area contributed by atoms with Crippen molar-refractivity contribution in [3.8, 4) is 5.75 Å². The quantitative estimate of drug-likeness (QED) is 0.382. The van der Waals surface area contributed by atoms with Crippen LogP contribution in [0.2, 0.25) is 0 Å². The maximum absolute atomic E-state index is 13.6. The summed E-state index contributed by atoms with van der Waals surface area (Å²) in [5, 5.41) is 2.92. The minimum Gasteiger partial charge on any atom is -0.497 e. The number of benzene rings is 2. The Morgan fingerprint density at radius 1 is 1.15 bits per heavy atom. The van der Waals surface area contributed by atoms with Crippen molar-refractivity contribution in [1.82, 2.24) is 9.62 Å². The molecule has 2 aromatic rings. The molecule has 4 rings (SSSR count). The van der Waals surface area contributed by atoms with E-state index in [0.717, 1.165) is 18.4 Å². The maximum atomic E-state index is 13.6. The molecule has 2 aliphatic rings. The van der Waals surface area contributed by atoms with E-state index >= 15 is 0 Å². The molecule has 3 N–H and O–H groups in total. The third kappa shape index (κ3) is 7.49. The lowest BCUT2D eigenvalue weighted by Gasteiger charge is -2.31. The van der Waals surface area contributed by atoms with Gasteiger partial charge in [0, 0.05) is 19.1 Å². The van der Waals surface area contributed by atoms with Gasteiger partial charge in [-0.3, -0.25) is 0 Å². The highest BCUT2D eigenvalue weighted by atomic mass is 32.2. The van der Waals surface area contributed by atoms with Gasteiger partial charge in [0.1, 0.15) is 11.9 Å². The molecule has 2 aromatic carbocycles. The molecule has 0 saturated carbocycles. The number of ether oxygens (including phenoxy) is 4. The van der Waals surface area contributed by atoms with Crippen molar-refractivity contribution < 1.29 is 32.2 Å². The zero-order valence-electron chi connectivity index (χ0n) is 22.5.